The molecule has 1 fully saturated rings. The monoisotopic (exact) mass is 520 g/mol. The first kappa shape index (κ1) is 23.7. The Morgan fingerprint density at radius 3 is 2.56 bits per heavy atom. The number of hydrogen-bond donors (Lipinski definition) is 1. The molecular weight excluding hydrogens is 500 g/mol. The van der Waals surface area contributed by atoms with Crippen LogP contribution in [0.2, 0.25) is 0 Å². The van der Waals surface area contributed by atoms with Crippen LogP contribution in [0.15, 0.2) is 45.8 Å². The average molecular weight is 521 g/mol. The molecule has 0 radical (unpaired) electrons. The van der Waals surface area contributed by atoms with Gasteiger partial charge in [0.25, 0.3) is 11.1 Å². The van der Waals surface area contributed by atoms with Crippen LogP contribution in [0.4, 0.5) is 10.5 Å². The summed E-state index contributed by atoms with van der Waals surface area (Å²) in [6, 6.07) is 10.3. The lowest BCUT2D eigenvalue weighted by molar-refractivity contribution is -0.127. The molecule has 0 bridgehead atoms. The van der Waals surface area contributed by atoms with E-state index in [9.17, 15) is 14.4 Å². The third-order valence-electron chi connectivity index (χ3n) is 4.39. The Bertz CT molecular complexity index is 1090. The highest BCUT2D eigenvalue weighted by Crippen LogP contribution is 2.39. The number of imide groups is 1. The number of ether oxygens (including phenoxy) is 3. The molecule has 0 atom stereocenters. The molecule has 2 aromatic rings. The summed E-state index contributed by atoms with van der Waals surface area (Å²) in [7, 11) is 3.00. The summed E-state index contributed by atoms with van der Waals surface area (Å²) >= 11 is 4.21. The van der Waals surface area contributed by atoms with Crippen molar-refractivity contribution < 1.29 is 28.6 Å². The topological polar surface area (TPSA) is 94.2 Å². The van der Waals surface area contributed by atoms with Gasteiger partial charge in [0.2, 0.25) is 5.91 Å². The summed E-state index contributed by atoms with van der Waals surface area (Å²) in [5.74, 6) is 0.462. The molecule has 0 aromatic heterocycles. The Morgan fingerprint density at radius 2 is 1.88 bits per heavy atom. The molecule has 3 rings (SSSR count). The molecule has 32 heavy (non-hydrogen) atoms. The fourth-order valence-corrected chi connectivity index (χ4v) is 4.39. The molecule has 1 aliphatic heterocycles. The highest BCUT2D eigenvalue weighted by atomic mass is 79.9. The van der Waals surface area contributed by atoms with Crippen LogP contribution in [0.5, 0.6) is 17.2 Å². The van der Waals surface area contributed by atoms with Gasteiger partial charge in [0.15, 0.2) is 11.5 Å². The van der Waals surface area contributed by atoms with Gasteiger partial charge in [-0.05, 0) is 70.5 Å². The molecule has 1 saturated heterocycles. The van der Waals surface area contributed by atoms with Crippen molar-refractivity contribution in [1.82, 2.24) is 4.90 Å². The van der Waals surface area contributed by atoms with E-state index < -0.39 is 23.6 Å². The van der Waals surface area contributed by atoms with E-state index in [1.54, 1.807) is 42.5 Å². The quantitative estimate of drug-likeness (QED) is 0.510. The summed E-state index contributed by atoms with van der Waals surface area (Å²) < 4.78 is 16.8. The minimum absolute atomic E-state index is 0.207. The van der Waals surface area contributed by atoms with Gasteiger partial charge in [0, 0.05) is 0 Å². The van der Waals surface area contributed by atoms with Gasteiger partial charge in [-0.3, -0.25) is 19.3 Å². The van der Waals surface area contributed by atoms with Crippen LogP contribution in [0.3, 0.4) is 0 Å². The van der Waals surface area contributed by atoms with Gasteiger partial charge >= 0.3 is 0 Å². The Kier molecular flexibility index (Phi) is 7.81. The molecule has 10 heteroatoms. The zero-order valence-corrected chi connectivity index (χ0v) is 20.0. The molecule has 3 amide bonds. The van der Waals surface area contributed by atoms with Crippen molar-refractivity contribution in [3.63, 3.8) is 0 Å². The van der Waals surface area contributed by atoms with Gasteiger partial charge in [-0.25, -0.2) is 0 Å². The standard InChI is InChI=1S/C22H21BrN2O6S/c1-4-31-20-14(23)9-13(10-17(20)30-3)11-18-21(27)25(22(28)32-18)12-19(26)24-15-7-5-6-8-16(15)29-2/h5-11H,4,12H2,1-3H3,(H,24,26)/b18-11+. The molecule has 1 heterocycles. The van der Waals surface area contributed by atoms with Crippen molar-refractivity contribution in [2.45, 2.75) is 6.92 Å². The molecular formula is C22H21BrN2O6S. The van der Waals surface area contributed by atoms with Crippen molar-refractivity contribution in [3.8, 4) is 17.2 Å². The van der Waals surface area contributed by atoms with E-state index in [0.29, 0.717) is 39.6 Å². The SMILES string of the molecule is CCOc1c(Br)cc(/C=C2/SC(=O)N(CC(=O)Nc3ccccc3OC)C2=O)cc1OC. The molecule has 0 saturated carbocycles. The second kappa shape index (κ2) is 10.6. The van der Waals surface area contributed by atoms with Crippen molar-refractivity contribution in [1.29, 1.82) is 0 Å². The number of anilines is 1. The summed E-state index contributed by atoms with van der Waals surface area (Å²) in [5.41, 5.74) is 1.09. The second-order valence-electron chi connectivity index (χ2n) is 6.48. The molecule has 1 aliphatic rings. The molecule has 2 aromatic carbocycles. The average Bonchev–Trinajstić information content (AvgIpc) is 3.03. The minimum Gasteiger partial charge on any atom is -0.495 e. The number of halogens is 1. The highest BCUT2D eigenvalue weighted by Gasteiger charge is 2.36. The zero-order chi connectivity index (χ0) is 23.3. The first-order chi connectivity index (χ1) is 15.4. The van der Waals surface area contributed by atoms with Crippen molar-refractivity contribution in [2.75, 3.05) is 32.7 Å². The Balaban J connectivity index is 1.76. The van der Waals surface area contributed by atoms with Gasteiger partial charge in [-0.2, -0.15) is 0 Å². The smallest absolute Gasteiger partial charge is 0.294 e. The first-order valence-corrected chi connectivity index (χ1v) is 11.2. The van der Waals surface area contributed by atoms with E-state index in [1.807, 2.05) is 6.92 Å². The predicted octanol–water partition coefficient (Wildman–Crippen LogP) is 4.54. The Labute approximate surface area is 198 Å². The molecule has 1 N–H and O–H groups in total. The van der Waals surface area contributed by atoms with Gasteiger partial charge < -0.3 is 19.5 Å². The van der Waals surface area contributed by atoms with E-state index in [1.165, 1.54) is 14.2 Å². The number of para-hydroxylation sites is 2. The number of benzene rings is 2. The maximum absolute atomic E-state index is 12.8. The van der Waals surface area contributed by atoms with Crippen molar-refractivity contribution >= 4 is 56.5 Å². The van der Waals surface area contributed by atoms with E-state index in [-0.39, 0.29) is 4.91 Å². The number of amides is 3. The third kappa shape index (κ3) is 5.25. The number of carbonyl (C=O) groups excluding carboxylic acids is 3. The summed E-state index contributed by atoms with van der Waals surface area (Å²) in [4.78, 5) is 38.7. The zero-order valence-electron chi connectivity index (χ0n) is 17.6. The first-order valence-electron chi connectivity index (χ1n) is 9.56. The largest absolute Gasteiger partial charge is 0.495 e. The van der Waals surface area contributed by atoms with E-state index in [0.717, 1.165) is 16.7 Å². The molecule has 0 spiro atoms. The van der Waals surface area contributed by atoms with Crippen LogP contribution in [-0.4, -0.2) is 49.3 Å². The van der Waals surface area contributed by atoms with Crippen LogP contribution < -0.4 is 19.5 Å². The van der Waals surface area contributed by atoms with Gasteiger partial charge in [-0.1, -0.05) is 12.1 Å². The molecule has 168 valence electrons. The van der Waals surface area contributed by atoms with Crippen LogP contribution >= 0.6 is 27.7 Å². The highest BCUT2D eigenvalue weighted by molar-refractivity contribution is 9.10. The Hall–Kier alpha value is -2.98. The van der Waals surface area contributed by atoms with Gasteiger partial charge in [0.1, 0.15) is 12.3 Å². The number of thioether (sulfide) groups is 1. The van der Waals surface area contributed by atoms with Crippen molar-refractivity contribution in [2.24, 2.45) is 0 Å². The third-order valence-corrected chi connectivity index (χ3v) is 5.89. The molecule has 0 unspecified atom stereocenters. The maximum Gasteiger partial charge on any atom is 0.294 e. The van der Waals surface area contributed by atoms with Crippen LogP contribution in [0.1, 0.15) is 12.5 Å². The van der Waals surface area contributed by atoms with Gasteiger partial charge in [0.05, 0.1) is 35.9 Å². The lowest BCUT2D eigenvalue weighted by atomic mass is 10.2. The number of rotatable bonds is 8. The number of nitrogens with zero attached hydrogens (tertiary/aromatic N) is 1. The number of hydrogen-bond acceptors (Lipinski definition) is 7. The fourth-order valence-electron chi connectivity index (χ4n) is 2.98. The minimum atomic E-state index is -0.542. The van der Waals surface area contributed by atoms with Crippen LogP contribution in [0, 0.1) is 0 Å². The van der Waals surface area contributed by atoms with E-state index in [4.69, 9.17) is 14.2 Å². The van der Waals surface area contributed by atoms with Crippen LogP contribution in [0.25, 0.3) is 6.08 Å². The maximum atomic E-state index is 12.8. The molecule has 0 aliphatic carbocycles. The fraction of sp³-hybridized carbons (Fsp3) is 0.227. The lowest BCUT2D eigenvalue weighted by Gasteiger charge is -2.14. The number of carbonyl (C=O) groups is 3. The Morgan fingerprint density at radius 1 is 1.16 bits per heavy atom. The normalized spacial score (nSPS) is 14.6. The number of nitrogens with one attached hydrogen (secondary N) is 1. The summed E-state index contributed by atoms with van der Waals surface area (Å²) in [5, 5.41) is 2.14. The van der Waals surface area contributed by atoms with E-state index in [2.05, 4.69) is 21.2 Å². The van der Waals surface area contributed by atoms with Gasteiger partial charge in [-0.15, -0.1) is 0 Å². The molecule has 8 nitrogen and oxygen atoms in total. The lowest BCUT2D eigenvalue weighted by Crippen LogP contribution is -2.36. The predicted molar refractivity (Wildman–Crippen MR) is 126 cm³/mol. The van der Waals surface area contributed by atoms with Crippen LogP contribution in [-0.2, 0) is 9.59 Å². The summed E-state index contributed by atoms with van der Waals surface area (Å²) in [6.07, 6.45) is 1.58. The van der Waals surface area contributed by atoms with Crippen molar-refractivity contribution in [3.05, 3.63) is 51.3 Å². The summed E-state index contributed by atoms with van der Waals surface area (Å²) in [6.45, 7) is 1.92. The van der Waals surface area contributed by atoms with E-state index >= 15 is 0 Å². The second-order valence-corrected chi connectivity index (χ2v) is 8.33. The number of methoxy groups -OCH3 is 2.